The molecule has 0 saturated carbocycles. The Morgan fingerprint density at radius 2 is 1.88 bits per heavy atom. The Hall–Kier alpha value is -2.21. The van der Waals surface area contributed by atoms with E-state index in [1.807, 2.05) is 63.4 Å². The lowest BCUT2D eigenvalue weighted by Crippen LogP contribution is -2.49. The third-order valence-corrected chi connectivity index (χ3v) is 4.62. The summed E-state index contributed by atoms with van der Waals surface area (Å²) in [5.41, 5.74) is 1.56. The first-order valence-electron chi connectivity index (χ1n) is 8.32. The third kappa shape index (κ3) is 5.98. The maximum atomic E-state index is 12.7. The Labute approximate surface area is 153 Å². The predicted molar refractivity (Wildman–Crippen MR) is 102 cm³/mol. The summed E-state index contributed by atoms with van der Waals surface area (Å²) in [4.78, 5) is 30.9. The van der Waals surface area contributed by atoms with Gasteiger partial charge in [-0.25, -0.2) is 4.98 Å². The summed E-state index contributed by atoms with van der Waals surface area (Å²) in [6.07, 6.45) is 1.05. The molecule has 6 heteroatoms. The normalized spacial score (nSPS) is 11.2. The molecule has 0 saturated heterocycles. The molecule has 0 aliphatic rings. The van der Waals surface area contributed by atoms with Crippen LogP contribution in [0.2, 0.25) is 0 Å². The van der Waals surface area contributed by atoms with Gasteiger partial charge in [0.25, 0.3) is 0 Å². The second kappa shape index (κ2) is 8.25. The molecule has 0 aliphatic heterocycles. The van der Waals surface area contributed by atoms with Crippen LogP contribution in [0.3, 0.4) is 0 Å². The first-order valence-corrected chi connectivity index (χ1v) is 9.20. The Kier molecular flexibility index (Phi) is 6.31. The number of nitrogens with one attached hydrogen (secondary N) is 1. The zero-order valence-electron chi connectivity index (χ0n) is 15.2. The number of nitrogens with zero attached hydrogens (tertiary/aromatic N) is 2. The number of rotatable bonds is 6. The van der Waals surface area contributed by atoms with Crippen LogP contribution in [0.25, 0.3) is 0 Å². The minimum atomic E-state index is -0.427. The molecule has 25 heavy (non-hydrogen) atoms. The number of carbonyl (C=O) groups excluding carboxylic acids is 2. The zero-order valence-corrected chi connectivity index (χ0v) is 16.0. The molecule has 2 rings (SSSR count). The number of hydrogen-bond donors (Lipinski definition) is 1. The molecule has 0 radical (unpaired) electrons. The molecule has 0 fully saturated rings. The van der Waals surface area contributed by atoms with Crippen molar-refractivity contribution in [2.75, 3.05) is 11.9 Å². The highest BCUT2D eigenvalue weighted by Crippen LogP contribution is 2.18. The van der Waals surface area contributed by atoms with Crippen molar-refractivity contribution in [3.8, 4) is 0 Å². The number of benzene rings is 1. The van der Waals surface area contributed by atoms with Gasteiger partial charge in [0.2, 0.25) is 11.8 Å². The van der Waals surface area contributed by atoms with Crippen LogP contribution in [0.15, 0.2) is 35.7 Å². The van der Waals surface area contributed by atoms with Gasteiger partial charge in [-0.3, -0.25) is 9.59 Å². The molecule has 1 N–H and O–H groups in total. The van der Waals surface area contributed by atoms with Crippen molar-refractivity contribution in [1.29, 1.82) is 0 Å². The van der Waals surface area contributed by atoms with Gasteiger partial charge in [-0.2, -0.15) is 0 Å². The van der Waals surface area contributed by atoms with Crippen LogP contribution in [-0.4, -0.2) is 33.8 Å². The van der Waals surface area contributed by atoms with Gasteiger partial charge < -0.3 is 10.2 Å². The number of aromatic nitrogens is 1. The molecular weight excluding hydrogens is 334 g/mol. The van der Waals surface area contributed by atoms with Crippen molar-refractivity contribution in [1.82, 2.24) is 9.88 Å². The Morgan fingerprint density at radius 1 is 1.20 bits per heavy atom. The molecule has 0 bridgehead atoms. The summed E-state index contributed by atoms with van der Waals surface area (Å²) in [7, 11) is 0. The Morgan fingerprint density at radius 3 is 2.44 bits per heavy atom. The van der Waals surface area contributed by atoms with E-state index in [-0.39, 0.29) is 18.4 Å². The number of anilines is 1. The van der Waals surface area contributed by atoms with E-state index in [1.54, 1.807) is 4.90 Å². The second-order valence-corrected chi connectivity index (χ2v) is 7.84. The van der Waals surface area contributed by atoms with E-state index in [4.69, 9.17) is 0 Å². The molecule has 0 aliphatic carbocycles. The summed E-state index contributed by atoms with van der Waals surface area (Å²) in [6, 6.07) is 9.89. The van der Waals surface area contributed by atoms with Gasteiger partial charge in [0.05, 0.1) is 5.69 Å². The van der Waals surface area contributed by atoms with Crippen LogP contribution < -0.4 is 5.32 Å². The summed E-state index contributed by atoms with van der Waals surface area (Å²) in [5.74, 6) is -0.251. The topological polar surface area (TPSA) is 62.3 Å². The number of amides is 2. The number of hydrogen-bond acceptors (Lipinski definition) is 4. The molecule has 2 aromatic rings. The largest absolute Gasteiger partial charge is 0.329 e. The number of carbonyl (C=O) groups is 2. The third-order valence-electron chi connectivity index (χ3n) is 3.75. The van der Waals surface area contributed by atoms with E-state index in [1.165, 1.54) is 11.3 Å². The minimum absolute atomic E-state index is 0.0236. The van der Waals surface area contributed by atoms with E-state index in [2.05, 4.69) is 10.3 Å². The van der Waals surface area contributed by atoms with Gasteiger partial charge in [-0.15, -0.1) is 11.3 Å². The molecule has 1 aromatic carbocycles. The molecular formula is C19H25N3O2S. The van der Waals surface area contributed by atoms with Crippen molar-refractivity contribution < 1.29 is 9.59 Å². The van der Waals surface area contributed by atoms with E-state index in [0.717, 1.165) is 11.3 Å². The lowest BCUT2D eigenvalue weighted by Gasteiger charge is -2.35. The highest BCUT2D eigenvalue weighted by Gasteiger charge is 2.28. The monoisotopic (exact) mass is 359 g/mol. The molecule has 5 nitrogen and oxygen atoms in total. The first-order chi connectivity index (χ1) is 11.8. The molecule has 0 unspecified atom stereocenters. The first kappa shape index (κ1) is 19.1. The molecule has 134 valence electrons. The van der Waals surface area contributed by atoms with Crippen LogP contribution in [0.1, 0.15) is 38.4 Å². The fourth-order valence-corrected chi connectivity index (χ4v) is 3.15. The SMILES string of the molecule is Cc1csc(NC(=O)CN(C(=O)CCc2ccccc2)C(C)(C)C)n1. The van der Waals surface area contributed by atoms with Gasteiger partial charge in [0.1, 0.15) is 6.54 Å². The van der Waals surface area contributed by atoms with Gasteiger partial charge in [-0.1, -0.05) is 30.3 Å². The van der Waals surface area contributed by atoms with Crippen LogP contribution >= 0.6 is 11.3 Å². The van der Waals surface area contributed by atoms with Gasteiger partial charge in [-0.05, 0) is 39.7 Å². The number of thiazole rings is 1. The lowest BCUT2D eigenvalue weighted by molar-refractivity contribution is -0.139. The maximum Gasteiger partial charge on any atom is 0.245 e. The molecule has 0 spiro atoms. The van der Waals surface area contributed by atoms with Crippen LogP contribution in [0.4, 0.5) is 5.13 Å². The minimum Gasteiger partial charge on any atom is -0.329 e. The van der Waals surface area contributed by atoms with E-state index in [0.29, 0.717) is 18.0 Å². The molecule has 2 amide bonds. The van der Waals surface area contributed by atoms with Gasteiger partial charge >= 0.3 is 0 Å². The smallest absolute Gasteiger partial charge is 0.245 e. The van der Waals surface area contributed by atoms with Crippen molar-refractivity contribution in [2.24, 2.45) is 0 Å². The zero-order chi connectivity index (χ0) is 18.4. The highest BCUT2D eigenvalue weighted by molar-refractivity contribution is 7.13. The fourth-order valence-electron chi connectivity index (χ4n) is 2.44. The predicted octanol–water partition coefficient (Wildman–Crippen LogP) is 3.65. The highest BCUT2D eigenvalue weighted by atomic mass is 32.1. The molecule has 1 aromatic heterocycles. The quantitative estimate of drug-likeness (QED) is 0.856. The van der Waals surface area contributed by atoms with Crippen molar-refractivity contribution in [3.63, 3.8) is 0 Å². The summed E-state index contributed by atoms with van der Waals surface area (Å²) >= 11 is 1.38. The lowest BCUT2D eigenvalue weighted by atomic mass is 10.0. The van der Waals surface area contributed by atoms with Crippen molar-refractivity contribution in [3.05, 3.63) is 47.0 Å². The van der Waals surface area contributed by atoms with Crippen LogP contribution in [0.5, 0.6) is 0 Å². The maximum absolute atomic E-state index is 12.7. The van der Waals surface area contributed by atoms with Crippen molar-refractivity contribution >= 4 is 28.3 Å². The van der Waals surface area contributed by atoms with E-state index in [9.17, 15) is 9.59 Å². The number of aryl methyl sites for hydroxylation is 2. The van der Waals surface area contributed by atoms with E-state index < -0.39 is 5.54 Å². The average molecular weight is 359 g/mol. The molecule has 0 atom stereocenters. The Bertz CT molecular complexity index is 720. The average Bonchev–Trinajstić information content (AvgIpc) is 2.95. The summed E-state index contributed by atoms with van der Waals surface area (Å²) < 4.78 is 0. The summed E-state index contributed by atoms with van der Waals surface area (Å²) in [5, 5.41) is 5.21. The summed E-state index contributed by atoms with van der Waals surface area (Å²) in [6.45, 7) is 7.72. The standard InChI is InChI=1S/C19H25N3O2S/c1-14-13-25-18(20-14)21-16(23)12-22(19(2,3)4)17(24)11-10-15-8-6-5-7-9-15/h5-9,13H,10-12H2,1-4H3,(H,20,21,23). The fraction of sp³-hybridized carbons (Fsp3) is 0.421. The van der Waals surface area contributed by atoms with Crippen molar-refractivity contribution in [2.45, 2.75) is 46.1 Å². The molecule has 1 heterocycles. The van der Waals surface area contributed by atoms with Gasteiger partial charge in [0, 0.05) is 17.3 Å². The second-order valence-electron chi connectivity index (χ2n) is 6.98. The Balaban J connectivity index is 1.97. The van der Waals surface area contributed by atoms with Crippen LogP contribution in [0, 0.1) is 6.92 Å². The van der Waals surface area contributed by atoms with Crippen LogP contribution in [-0.2, 0) is 16.0 Å². The van der Waals surface area contributed by atoms with Gasteiger partial charge in [0.15, 0.2) is 5.13 Å². The van der Waals surface area contributed by atoms with E-state index >= 15 is 0 Å².